The van der Waals surface area contributed by atoms with Gasteiger partial charge in [0, 0.05) is 33.8 Å². The highest BCUT2D eigenvalue weighted by atomic mass is 15.0. The summed E-state index contributed by atoms with van der Waals surface area (Å²) < 4.78 is 0. The van der Waals surface area contributed by atoms with Crippen LogP contribution in [-0.2, 0) is 0 Å². The molecule has 0 amide bonds. The Morgan fingerprint density at radius 1 is 0.326 bits per heavy atom. The molecule has 0 N–H and O–H groups in total. The first-order chi connectivity index (χ1) is 22.8. The van der Waals surface area contributed by atoms with Crippen molar-refractivity contribution in [3.05, 3.63) is 170 Å². The Kier molecular flexibility index (Phi) is 7.14. The van der Waals surface area contributed by atoms with Crippen LogP contribution in [0.15, 0.2) is 170 Å². The van der Waals surface area contributed by atoms with Crippen LogP contribution in [0.3, 0.4) is 0 Å². The van der Waals surface area contributed by atoms with Crippen molar-refractivity contribution in [3.8, 4) is 67.7 Å². The SMILES string of the molecule is c1ccc(-c2cccc(-c3nc(-c4cccc(-c5nccc6ccccc56)c4)nc(-c4ccccc4-c4ccccc4)n3)c2)cc1. The molecule has 8 aromatic rings. The monoisotopic (exact) mass is 588 g/mol. The second-order valence-electron chi connectivity index (χ2n) is 11.1. The molecule has 6 aromatic carbocycles. The molecule has 0 saturated carbocycles. The van der Waals surface area contributed by atoms with Crippen LogP contribution in [0.1, 0.15) is 0 Å². The molecule has 2 heterocycles. The maximum Gasteiger partial charge on any atom is 0.164 e. The summed E-state index contributed by atoms with van der Waals surface area (Å²) in [5.74, 6) is 1.85. The van der Waals surface area contributed by atoms with Crippen LogP contribution in [-0.4, -0.2) is 19.9 Å². The third-order valence-electron chi connectivity index (χ3n) is 8.18. The van der Waals surface area contributed by atoms with Gasteiger partial charge in [-0.1, -0.05) is 146 Å². The van der Waals surface area contributed by atoms with Gasteiger partial charge in [0.25, 0.3) is 0 Å². The number of pyridine rings is 1. The summed E-state index contributed by atoms with van der Waals surface area (Å²) in [6.45, 7) is 0. The molecule has 0 aliphatic rings. The van der Waals surface area contributed by atoms with E-state index >= 15 is 0 Å². The van der Waals surface area contributed by atoms with E-state index < -0.39 is 0 Å². The maximum absolute atomic E-state index is 5.12. The first kappa shape index (κ1) is 27.3. The molecule has 4 heteroatoms. The molecule has 0 fully saturated rings. The largest absolute Gasteiger partial charge is 0.256 e. The minimum absolute atomic E-state index is 0.607. The number of nitrogens with zero attached hydrogens (tertiary/aromatic N) is 4. The quantitative estimate of drug-likeness (QED) is 0.194. The van der Waals surface area contributed by atoms with Crippen LogP contribution < -0.4 is 0 Å². The molecule has 4 nitrogen and oxygen atoms in total. The van der Waals surface area contributed by atoms with Gasteiger partial charge in [-0.15, -0.1) is 0 Å². The van der Waals surface area contributed by atoms with Crippen LogP contribution >= 0.6 is 0 Å². The van der Waals surface area contributed by atoms with Gasteiger partial charge in [-0.25, -0.2) is 15.0 Å². The molecular formula is C42H28N4. The molecule has 216 valence electrons. The van der Waals surface area contributed by atoms with Gasteiger partial charge in [0.2, 0.25) is 0 Å². The Balaban J connectivity index is 1.32. The summed E-state index contributed by atoms with van der Waals surface area (Å²) in [6, 6.07) is 56.1. The number of fused-ring (bicyclic) bond motifs is 1. The number of hydrogen-bond acceptors (Lipinski definition) is 4. The van der Waals surface area contributed by atoms with E-state index in [0.29, 0.717) is 17.5 Å². The zero-order chi connectivity index (χ0) is 30.7. The fraction of sp³-hybridized carbons (Fsp3) is 0. The van der Waals surface area contributed by atoms with E-state index in [0.717, 1.165) is 61.0 Å². The smallest absolute Gasteiger partial charge is 0.164 e. The summed E-state index contributed by atoms with van der Waals surface area (Å²) in [6.07, 6.45) is 1.86. The Labute approximate surface area is 267 Å². The van der Waals surface area contributed by atoms with E-state index in [-0.39, 0.29) is 0 Å². The fourth-order valence-corrected chi connectivity index (χ4v) is 5.93. The van der Waals surface area contributed by atoms with Crippen molar-refractivity contribution in [2.75, 3.05) is 0 Å². The standard InChI is InChI=1S/C42H28N4/c1-3-13-29(14-4-1)32-18-11-20-34(27-32)40-44-41(46-42(45-40)38-24-10-9-22-36(38)30-15-5-2-6-16-30)35-21-12-19-33(28-35)39-37-23-8-7-17-31(37)25-26-43-39/h1-28H. The summed E-state index contributed by atoms with van der Waals surface area (Å²) in [4.78, 5) is 20.1. The second kappa shape index (κ2) is 12.0. The average Bonchev–Trinajstić information content (AvgIpc) is 3.15. The first-order valence-electron chi connectivity index (χ1n) is 15.3. The number of aromatic nitrogens is 4. The van der Waals surface area contributed by atoms with Gasteiger partial charge < -0.3 is 0 Å². The van der Waals surface area contributed by atoms with E-state index in [1.54, 1.807) is 0 Å². The third-order valence-corrected chi connectivity index (χ3v) is 8.18. The molecule has 46 heavy (non-hydrogen) atoms. The van der Waals surface area contributed by atoms with Crippen LogP contribution in [0, 0.1) is 0 Å². The highest BCUT2D eigenvalue weighted by molar-refractivity contribution is 5.95. The van der Waals surface area contributed by atoms with Crippen molar-refractivity contribution >= 4 is 10.8 Å². The molecule has 0 spiro atoms. The van der Waals surface area contributed by atoms with Gasteiger partial charge in [0.05, 0.1) is 5.69 Å². The molecule has 0 atom stereocenters. The number of rotatable bonds is 6. The topological polar surface area (TPSA) is 51.6 Å². The molecule has 2 aromatic heterocycles. The normalized spacial score (nSPS) is 11.0. The van der Waals surface area contributed by atoms with Crippen molar-refractivity contribution in [1.82, 2.24) is 19.9 Å². The molecule has 8 rings (SSSR count). The molecule has 0 bridgehead atoms. The fourth-order valence-electron chi connectivity index (χ4n) is 5.93. The van der Waals surface area contributed by atoms with Crippen molar-refractivity contribution in [2.45, 2.75) is 0 Å². The number of hydrogen-bond donors (Lipinski definition) is 0. The minimum atomic E-state index is 0.607. The van der Waals surface area contributed by atoms with Crippen LogP contribution in [0.5, 0.6) is 0 Å². The second-order valence-corrected chi connectivity index (χ2v) is 11.1. The van der Waals surface area contributed by atoms with E-state index in [1.165, 1.54) is 0 Å². The van der Waals surface area contributed by atoms with Crippen LogP contribution in [0.4, 0.5) is 0 Å². The van der Waals surface area contributed by atoms with Crippen molar-refractivity contribution in [2.24, 2.45) is 0 Å². The lowest BCUT2D eigenvalue weighted by Gasteiger charge is -2.13. The zero-order valence-electron chi connectivity index (χ0n) is 25.0. The Morgan fingerprint density at radius 3 is 1.59 bits per heavy atom. The van der Waals surface area contributed by atoms with Gasteiger partial charge in [-0.3, -0.25) is 4.98 Å². The lowest BCUT2D eigenvalue weighted by atomic mass is 9.99. The summed E-state index contributed by atoms with van der Waals surface area (Å²) in [5, 5.41) is 2.26. The molecular weight excluding hydrogens is 560 g/mol. The maximum atomic E-state index is 5.12. The number of benzene rings is 6. The van der Waals surface area contributed by atoms with E-state index in [2.05, 4.69) is 133 Å². The van der Waals surface area contributed by atoms with Gasteiger partial charge in [-0.2, -0.15) is 0 Å². The van der Waals surface area contributed by atoms with Gasteiger partial charge in [0.1, 0.15) is 0 Å². The van der Waals surface area contributed by atoms with Crippen molar-refractivity contribution < 1.29 is 0 Å². The molecule has 0 aliphatic carbocycles. The van der Waals surface area contributed by atoms with Crippen LogP contribution in [0.25, 0.3) is 78.4 Å². The van der Waals surface area contributed by atoms with E-state index in [9.17, 15) is 0 Å². The van der Waals surface area contributed by atoms with E-state index in [1.807, 2.05) is 36.5 Å². The Hall–Kier alpha value is -6.26. The Bertz CT molecular complexity index is 2310. The summed E-state index contributed by atoms with van der Waals surface area (Å²) in [7, 11) is 0. The molecule has 0 radical (unpaired) electrons. The van der Waals surface area contributed by atoms with Gasteiger partial charge in [0.15, 0.2) is 17.5 Å². The van der Waals surface area contributed by atoms with Gasteiger partial charge in [-0.05, 0) is 45.8 Å². The summed E-state index contributed by atoms with van der Waals surface area (Å²) in [5.41, 5.74) is 9.13. The van der Waals surface area contributed by atoms with Crippen molar-refractivity contribution in [1.29, 1.82) is 0 Å². The first-order valence-corrected chi connectivity index (χ1v) is 15.3. The third kappa shape index (κ3) is 5.33. The molecule has 0 saturated heterocycles. The lowest BCUT2D eigenvalue weighted by molar-refractivity contribution is 1.07. The highest BCUT2D eigenvalue weighted by Gasteiger charge is 2.17. The predicted octanol–water partition coefficient (Wildman–Crippen LogP) is 10.4. The zero-order valence-corrected chi connectivity index (χ0v) is 25.0. The highest BCUT2D eigenvalue weighted by Crippen LogP contribution is 2.34. The molecule has 0 aliphatic heterocycles. The minimum Gasteiger partial charge on any atom is -0.256 e. The van der Waals surface area contributed by atoms with Crippen LogP contribution in [0.2, 0.25) is 0 Å². The predicted molar refractivity (Wildman–Crippen MR) is 188 cm³/mol. The lowest BCUT2D eigenvalue weighted by Crippen LogP contribution is -2.01. The molecule has 0 unspecified atom stereocenters. The van der Waals surface area contributed by atoms with E-state index in [4.69, 9.17) is 19.9 Å². The van der Waals surface area contributed by atoms with Gasteiger partial charge >= 0.3 is 0 Å². The Morgan fingerprint density at radius 2 is 0.848 bits per heavy atom. The van der Waals surface area contributed by atoms with Crippen molar-refractivity contribution in [3.63, 3.8) is 0 Å². The summed E-state index contributed by atoms with van der Waals surface area (Å²) >= 11 is 0. The average molecular weight is 589 g/mol.